The first-order valence-electron chi connectivity index (χ1n) is 8.41. The van der Waals surface area contributed by atoms with Gasteiger partial charge in [-0.05, 0) is 63.1 Å². The molecule has 2 fully saturated rings. The number of carbonyl (C=O) groups excluding carboxylic acids is 1. The highest BCUT2D eigenvalue weighted by Gasteiger charge is 2.28. The van der Waals surface area contributed by atoms with E-state index in [9.17, 15) is 4.79 Å². The van der Waals surface area contributed by atoms with Gasteiger partial charge in [0.25, 0.3) is 5.91 Å². The first kappa shape index (κ1) is 15.0. The minimum atomic E-state index is 0.258. The molecule has 2 aliphatic rings. The molecule has 0 bridgehead atoms. The molecule has 0 aromatic carbocycles. The van der Waals surface area contributed by atoms with E-state index >= 15 is 0 Å². The van der Waals surface area contributed by atoms with Gasteiger partial charge in [0, 0.05) is 19.1 Å². The van der Waals surface area contributed by atoms with Crippen molar-refractivity contribution in [1.82, 2.24) is 9.80 Å². The number of carbonyl (C=O) groups is 1. The second-order valence-corrected chi connectivity index (χ2v) is 7.26. The maximum atomic E-state index is 12.6. The van der Waals surface area contributed by atoms with Crippen LogP contribution in [0.3, 0.4) is 0 Å². The number of rotatable bonds is 4. The van der Waals surface area contributed by atoms with Crippen LogP contribution in [0.25, 0.3) is 0 Å². The minimum absolute atomic E-state index is 0.258. The summed E-state index contributed by atoms with van der Waals surface area (Å²) in [6.45, 7) is 4.62. The molecule has 0 radical (unpaired) electrons. The lowest BCUT2D eigenvalue weighted by Crippen LogP contribution is -2.45. The zero-order chi connectivity index (χ0) is 14.5. The van der Waals surface area contributed by atoms with Gasteiger partial charge in [0.15, 0.2) is 0 Å². The Bertz CT molecular complexity index is 440. The second-order valence-electron chi connectivity index (χ2n) is 6.32. The number of amides is 1. The molecule has 0 N–H and O–H groups in total. The van der Waals surface area contributed by atoms with Crippen LogP contribution in [0.4, 0.5) is 0 Å². The molecule has 1 aromatic heterocycles. The Morgan fingerprint density at radius 2 is 1.95 bits per heavy atom. The summed E-state index contributed by atoms with van der Waals surface area (Å²) in [5, 5.41) is 2.00. The van der Waals surface area contributed by atoms with Crippen LogP contribution in [0.5, 0.6) is 0 Å². The average molecular weight is 306 g/mol. The van der Waals surface area contributed by atoms with Crippen LogP contribution < -0.4 is 0 Å². The quantitative estimate of drug-likeness (QED) is 0.848. The van der Waals surface area contributed by atoms with E-state index in [2.05, 4.69) is 9.80 Å². The van der Waals surface area contributed by atoms with Gasteiger partial charge in [-0.15, -0.1) is 11.3 Å². The molecule has 0 saturated carbocycles. The zero-order valence-electron chi connectivity index (χ0n) is 12.8. The number of nitrogens with zero attached hydrogens (tertiary/aromatic N) is 2. The van der Waals surface area contributed by atoms with E-state index in [0.29, 0.717) is 6.04 Å². The third-order valence-corrected chi connectivity index (χ3v) is 5.71. The summed E-state index contributed by atoms with van der Waals surface area (Å²) in [4.78, 5) is 18.3. The Hall–Kier alpha value is -0.870. The first-order chi connectivity index (χ1) is 10.3. The Labute approximate surface area is 131 Å². The van der Waals surface area contributed by atoms with Crippen LogP contribution in [0.15, 0.2) is 17.5 Å². The molecule has 1 unspecified atom stereocenters. The summed E-state index contributed by atoms with van der Waals surface area (Å²) in [7, 11) is 0. The Balaban J connectivity index is 1.57. The highest BCUT2D eigenvalue weighted by atomic mass is 32.1. The van der Waals surface area contributed by atoms with E-state index in [1.165, 1.54) is 51.7 Å². The standard InChI is InChI=1S/C17H26N2OS/c20-17(16-8-6-14-21-16)19-12-5-2-7-15(19)9-13-18-10-3-1-4-11-18/h6,8,14-15H,1-5,7,9-13H2. The third-order valence-electron chi connectivity index (χ3n) is 4.85. The van der Waals surface area contributed by atoms with Crippen molar-refractivity contribution in [1.29, 1.82) is 0 Å². The molecule has 2 aliphatic heterocycles. The van der Waals surface area contributed by atoms with Crippen LogP contribution in [-0.4, -0.2) is 47.9 Å². The van der Waals surface area contributed by atoms with Gasteiger partial charge in [0.05, 0.1) is 4.88 Å². The molecule has 0 aliphatic carbocycles. The zero-order valence-corrected chi connectivity index (χ0v) is 13.6. The Kier molecular flexibility index (Phi) is 5.31. The smallest absolute Gasteiger partial charge is 0.264 e. The predicted molar refractivity (Wildman–Crippen MR) is 87.9 cm³/mol. The lowest BCUT2D eigenvalue weighted by molar-refractivity contribution is 0.0584. The van der Waals surface area contributed by atoms with Gasteiger partial charge in [-0.25, -0.2) is 0 Å². The van der Waals surface area contributed by atoms with Crippen molar-refractivity contribution in [2.75, 3.05) is 26.2 Å². The van der Waals surface area contributed by atoms with Crippen LogP contribution in [0.2, 0.25) is 0 Å². The molecule has 1 aromatic rings. The van der Waals surface area contributed by atoms with Crippen LogP contribution in [0, 0.1) is 0 Å². The predicted octanol–water partition coefficient (Wildman–Crippen LogP) is 3.62. The van der Waals surface area contributed by atoms with Crippen molar-refractivity contribution in [3.63, 3.8) is 0 Å². The van der Waals surface area contributed by atoms with E-state index in [0.717, 1.165) is 24.3 Å². The average Bonchev–Trinajstić information content (AvgIpc) is 3.08. The number of thiophene rings is 1. The van der Waals surface area contributed by atoms with E-state index in [-0.39, 0.29) is 5.91 Å². The Morgan fingerprint density at radius 1 is 1.14 bits per heavy atom. The summed E-state index contributed by atoms with van der Waals surface area (Å²) in [5.74, 6) is 0.258. The molecule has 2 saturated heterocycles. The monoisotopic (exact) mass is 306 g/mol. The SMILES string of the molecule is O=C(c1cccs1)N1CCCCC1CCN1CCCCC1. The summed E-state index contributed by atoms with van der Waals surface area (Å²) >= 11 is 1.57. The van der Waals surface area contributed by atoms with Crippen LogP contribution in [0.1, 0.15) is 54.6 Å². The van der Waals surface area contributed by atoms with Gasteiger partial charge in [-0.3, -0.25) is 4.79 Å². The molecule has 1 amide bonds. The molecule has 3 rings (SSSR count). The molecular formula is C17H26N2OS. The first-order valence-corrected chi connectivity index (χ1v) is 9.29. The van der Waals surface area contributed by atoms with Crippen molar-refractivity contribution < 1.29 is 4.79 Å². The fourth-order valence-corrected chi connectivity index (χ4v) is 4.30. The van der Waals surface area contributed by atoms with Gasteiger partial charge >= 0.3 is 0 Å². The van der Waals surface area contributed by atoms with E-state index in [1.54, 1.807) is 11.3 Å². The normalized spacial score (nSPS) is 24.2. The number of hydrogen-bond acceptors (Lipinski definition) is 3. The lowest BCUT2D eigenvalue weighted by Gasteiger charge is -2.37. The second kappa shape index (κ2) is 7.41. The van der Waals surface area contributed by atoms with Gasteiger partial charge in [0.1, 0.15) is 0 Å². The Morgan fingerprint density at radius 3 is 2.71 bits per heavy atom. The van der Waals surface area contributed by atoms with Gasteiger partial charge in [-0.2, -0.15) is 0 Å². The highest BCUT2D eigenvalue weighted by Crippen LogP contribution is 2.24. The summed E-state index contributed by atoms with van der Waals surface area (Å²) < 4.78 is 0. The highest BCUT2D eigenvalue weighted by molar-refractivity contribution is 7.12. The maximum absolute atomic E-state index is 12.6. The van der Waals surface area contributed by atoms with Gasteiger partial charge in [-0.1, -0.05) is 12.5 Å². The molecule has 0 spiro atoms. The van der Waals surface area contributed by atoms with Crippen molar-refractivity contribution in [2.45, 2.75) is 51.0 Å². The van der Waals surface area contributed by atoms with Crippen LogP contribution >= 0.6 is 11.3 Å². The van der Waals surface area contributed by atoms with Gasteiger partial charge in [0.2, 0.25) is 0 Å². The van der Waals surface area contributed by atoms with Crippen molar-refractivity contribution in [3.05, 3.63) is 22.4 Å². The molecule has 3 heterocycles. The van der Waals surface area contributed by atoms with E-state index < -0.39 is 0 Å². The van der Waals surface area contributed by atoms with Crippen LogP contribution in [-0.2, 0) is 0 Å². The largest absolute Gasteiger partial charge is 0.335 e. The van der Waals surface area contributed by atoms with E-state index in [1.807, 2.05) is 17.5 Å². The van der Waals surface area contributed by atoms with Crippen molar-refractivity contribution in [2.24, 2.45) is 0 Å². The van der Waals surface area contributed by atoms with E-state index in [4.69, 9.17) is 0 Å². The summed E-state index contributed by atoms with van der Waals surface area (Å²) in [6, 6.07) is 4.39. The number of hydrogen-bond donors (Lipinski definition) is 0. The molecule has 3 nitrogen and oxygen atoms in total. The fraction of sp³-hybridized carbons (Fsp3) is 0.706. The lowest BCUT2D eigenvalue weighted by atomic mass is 9.98. The fourth-order valence-electron chi connectivity index (χ4n) is 3.62. The third kappa shape index (κ3) is 3.86. The topological polar surface area (TPSA) is 23.6 Å². The molecule has 21 heavy (non-hydrogen) atoms. The molecule has 4 heteroatoms. The molecule has 1 atom stereocenters. The minimum Gasteiger partial charge on any atom is -0.335 e. The number of piperidine rings is 2. The van der Waals surface area contributed by atoms with Crippen molar-refractivity contribution >= 4 is 17.2 Å². The van der Waals surface area contributed by atoms with Gasteiger partial charge < -0.3 is 9.80 Å². The molecule has 116 valence electrons. The maximum Gasteiger partial charge on any atom is 0.264 e. The summed E-state index contributed by atoms with van der Waals surface area (Å²) in [6.07, 6.45) is 8.87. The molecular weight excluding hydrogens is 280 g/mol. The number of likely N-dealkylation sites (tertiary alicyclic amines) is 2. The summed E-state index contributed by atoms with van der Waals surface area (Å²) in [5.41, 5.74) is 0. The van der Waals surface area contributed by atoms with Crippen molar-refractivity contribution in [3.8, 4) is 0 Å².